The Morgan fingerprint density at radius 2 is 1.23 bits per heavy atom. The Kier molecular flexibility index (Phi) is 7.30. The fourth-order valence-corrected chi connectivity index (χ4v) is 10.0. The Labute approximate surface area is 236 Å². The molecule has 0 amide bonds. The first-order valence-corrected chi connectivity index (χ1v) is 15.1. The van der Waals surface area contributed by atoms with Gasteiger partial charge < -0.3 is 18.6 Å². The maximum Gasteiger partial charge on any atom is 0.338 e. The number of benzene rings is 5. The average molecular weight is 551 g/mol. The highest BCUT2D eigenvalue weighted by Gasteiger charge is 2.52. The van der Waals surface area contributed by atoms with E-state index >= 15 is 0 Å². The molecule has 40 heavy (non-hydrogen) atoms. The summed E-state index contributed by atoms with van der Waals surface area (Å²) in [7, 11) is 1.76. The lowest BCUT2D eigenvalue weighted by molar-refractivity contribution is 0.0603. The fraction of sp³-hybridized carbons (Fsp3) is 0.206. The summed E-state index contributed by atoms with van der Waals surface area (Å²) < 4.78 is 23.6. The van der Waals surface area contributed by atoms with Crippen LogP contribution in [-0.2, 0) is 4.74 Å². The van der Waals surface area contributed by atoms with Gasteiger partial charge >= 0.3 is 14.3 Å². The summed E-state index contributed by atoms with van der Waals surface area (Å²) in [4.78, 5) is 12.9. The largest absolute Gasteiger partial charge is 0.534 e. The van der Waals surface area contributed by atoms with Gasteiger partial charge in [0.2, 0.25) is 0 Å². The van der Waals surface area contributed by atoms with Gasteiger partial charge in [-0.25, -0.2) is 4.79 Å². The summed E-state index contributed by atoms with van der Waals surface area (Å²) in [6.07, 6.45) is 0. The predicted octanol–water partition coefficient (Wildman–Crippen LogP) is 6.74. The molecule has 5 aromatic rings. The molecule has 0 bridgehead atoms. The van der Waals surface area contributed by atoms with E-state index in [1.807, 2.05) is 48.5 Å². The molecule has 0 radical (unpaired) electrons. The van der Waals surface area contributed by atoms with Crippen molar-refractivity contribution in [3.05, 3.63) is 103 Å². The van der Waals surface area contributed by atoms with Crippen molar-refractivity contribution in [3.63, 3.8) is 0 Å². The van der Waals surface area contributed by atoms with E-state index in [0.717, 1.165) is 27.3 Å². The molecule has 0 atom stereocenters. The number of rotatable bonds is 7. The number of hydrogen-bond donors (Lipinski definition) is 0. The Bertz CT molecular complexity index is 1630. The zero-order chi connectivity index (χ0) is 28.5. The average Bonchev–Trinajstić information content (AvgIpc) is 2.98. The molecule has 0 saturated carbocycles. The molecular weight excluding hydrogens is 516 g/mol. The number of ether oxygens (including phenoxy) is 3. The molecule has 0 aliphatic carbocycles. The summed E-state index contributed by atoms with van der Waals surface area (Å²) in [6.45, 7) is 6.76. The third-order valence-corrected chi connectivity index (χ3v) is 12.5. The maximum absolute atomic E-state index is 12.9. The van der Waals surface area contributed by atoms with Gasteiger partial charge in [-0.2, -0.15) is 0 Å². The highest BCUT2D eigenvalue weighted by atomic mass is 28.4. The molecule has 5 rings (SSSR count). The number of esters is 1. The van der Waals surface area contributed by atoms with Crippen molar-refractivity contribution < 1.29 is 23.4 Å². The minimum absolute atomic E-state index is 0.197. The number of methoxy groups -OCH3 is 3. The molecular formula is C34H34O5Si. The summed E-state index contributed by atoms with van der Waals surface area (Å²) in [6, 6.07) is 32.7. The lowest BCUT2D eigenvalue weighted by atomic mass is 9.96. The fourth-order valence-electron chi connectivity index (χ4n) is 5.63. The third kappa shape index (κ3) is 4.58. The van der Waals surface area contributed by atoms with Crippen LogP contribution >= 0.6 is 0 Å². The summed E-state index contributed by atoms with van der Waals surface area (Å²) >= 11 is 0. The molecule has 0 spiro atoms. The van der Waals surface area contributed by atoms with E-state index in [1.54, 1.807) is 14.2 Å². The van der Waals surface area contributed by atoms with Crippen molar-refractivity contribution in [1.29, 1.82) is 0 Å². The van der Waals surface area contributed by atoms with Crippen LogP contribution in [0, 0.1) is 0 Å². The van der Waals surface area contributed by atoms with Crippen LogP contribution in [0.5, 0.6) is 17.2 Å². The molecule has 0 heterocycles. The van der Waals surface area contributed by atoms with Crippen molar-refractivity contribution in [3.8, 4) is 17.2 Å². The van der Waals surface area contributed by atoms with E-state index < -0.39 is 14.3 Å². The zero-order valence-corrected chi connectivity index (χ0v) is 24.8. The van der Waals surface area contributed by atoms with Gasteiger partial charge in [-0.05, 0) is 73.4 Å². The minimum atomic E-state index is -2.86. The van der Waals surface area contributed by atoms with Crippen LogP contribution in [0.2, 0.25) is 5.04 Å². The lowest BCUT2D eigenvalue weighted by Crippen LogP contribution is -2.68. The van der Waals surface area contributed by atoms with Crippen molar-refractivity contribution >= 4 is 46.2 Å². The first kappa shape index (κ1) is 27.3. The highest BCUT2D eigenvalue weighted by Crippen LogP contribution is 2.41. The van der Waals surface area contributed by atoms with Gasteiger partial charge in [-0.15, -0.1) is 0 Å². The summed E-state index contributed by atoms with van der Waals surface area (Å²) in [5.41, 5.74) is 0.481. The predicted molar refractivity (Wildman–Crippen MR) is 164 cm³/mol. The quantitative estimate of drug-likeness (QED) is 0.128. The Morgan fingerprint density at radius 3 is 1.75 bits per heavy atom. The van der Waals surface area contributed by atoms with E-state index in [0.29, 0.717) is 17.1 Å². The first-order chi connectivity index (χ1) is 19.2. The van der Waals surface area contributed by atoms with E-state index in [-0.39, 0.29) is 5.04 Å². The van der Waals surface area contributed by atoms with Crippen molar-refractivity contribution in [2.24, 2.45) is 0 Å². The molecule has 5 nitrogen and oxygen atoms in total. The number of carbonyl (C=O) groups is 1. The van der Waals surface area contributed by atoms with Gasteiger partial charge in [0, 0.05) is 0 Å². The minimum Gasteiger partial charge on any atom is -0.534 e. The second-order valence-electron chi connectivity index (χ2n) is 10.8. The van der Waals surface area contributed by atoms with Crippen molar-refractivity contribution in [2.45, 2.75) is 25.8 Å². The SMILES string of the molecule is COC(=O)c1cc2cc(OC)c(OC)cc2c2cc(O[Si](c3ccccc3)(c3ccccc3)C(C)(C)C)ccc12. The smallest absolute Gasteiger partial charge is 0.338 e. The molecule has 0 N–H and O–H groups in total. The van der Waals surface area contributed by atoms with E-state index in [4.69, 9.17) is 18.6 Å². The lowest BCUT2D eigenvalue weighted by Gasteiger charge is -2.43. The molecule has 0 saturated heterocycles. The van der Waals surface area contributed by atoms with Gasteiger partial charge in [0.05, 0.1) is 26.9 Å². The molecule has 6 heteroatoms. The second kappa shape index (κ2) is 10.7. The normalized spacial score (nSPS) is 11.8. The Balaban J connectivity index is 1.81. The molecule has 5 aromatic carbocycles. The van der Waals surface area contributed by atoms with E-state index in [9.17, 15) is 4.79 Å². The van der Waals surface area contributed by atoms with Crippen LogP contribution in [0.15, 0.2) is 97.1 Å². The second-order valence-corrected chi connectivity index (χ2v) is 15.0. The number of hydrogen-bond acceptors (Lipinski definition) is 5. The van der Waals surface area contributed by atoms with Gasteiger partial charge in [0.15, 0.2) is 11.5 Å². The standard InChI is InChI=1S/C34H34O5Si/c1-34(2,3)40(25-13-9-7-10-14-25,26-15-11-8-12-16-26)39-24-17-18-27-29(21-24)28-22-32(37-5)31(36-4)20-23(28)19-30(27)33(35)38-6/h7-22H,1-6H3. The van der Waals surface area contributed by atoms with Gasteiger partial charge in [0.25, 0.3) is 0 Å². The van der Waals surface area contributed by atoms with Crippen LogP contribution in [-0.4, -0.2) is 35.6 Å². The van der Waals surface area contributed by atoms with Crippen LogP contribution < -0.4 is 24.3 Å². The van der Waals surface area contributed by atoms with E-state index in [1.165, 1.54) is 17.5 Å². The van der Waals surface area contributed by atoms with Gasteiger partial charge in [0.1, 0.15) is 5.75 Å². The topological polar surface area (TPSA) is 54.0 Å². The monoisotopic (exact) mass is 550 g/mol. The molecule has 0 aliphatic heterocycles. The maximum atomic E-state index is 12.9. The Morgan fingerprint density at radius 1 is 0.650 bits per heavy atom. The van der Waals surface area contributed by atoms with Gasteiger partial charge in [-0.3, -0.25) is 0 Å². The molecule has 0 unspecified atom stereocenters. The van der Waals surface area contributed by atoms with Crippen LogP contribution in [0.25, 0.3) is 21.5 Å². The number of carbonyl (C=O) groups excluding carboxylic acids is 1. The van der Waals surface area contributed by atoms with Crippen LogP contribution in [0.4, 0.5) is 0 Å². The highest BCUT2D eigenvalue weighted by molar-refractivity contribution is 7.00. The van der Waals surface area contributed by atoms with E-state index in [2.05, 4.69) is 69.3 Å². The van der Waals surface area contributed by atoms with Crippen molar-refractivity contribution in [2.75, 3.05) is 21.3 Å². The van der Waals surface area contributed by atoms with Crippen LogP contribution in [0.1, 0.15) is 31.1 Å². The molecule has 0 aliphatic rings. The van der Waals surface area contributed by atoms with Crippen molar-refractivity contribution in [1.82, 2.24) is 0 Å². The first-order valence-electron chi connectivity index (χ1n) is 13.2. The molecule has 0 aromatic heterocycles. The molecule has 204 valence electrons. The zero-order valence-electron chi connectivity index (χ0n) is 23.8. The third-order valence-electron chi connectivity index (χ3n) is 7.52. The number of fused-ring (bicyclic) bond motifs is 3. The summed E-state index contributed by atoms with van der Waals surface area (Å²) in [5, 5.41) is 5.59. The Hall–Kier alpha value is -4.29. The summed E-state index contributed by atoms with van der Waals surface area (Å²) in [5.74, 6) is 1.53. The van der Waals surface area contributed by atoms with Gasteiger partial charge in [-0.1, -0.05) is 81.4 Å². The van der Waals surface area contributed by atoms with Crippen LogP contribution in [0.3, 0.4) is 0 Å². The molecule has 0 fully saturated rings.